The van der Waals surface area contributed by atoms with Gasteiger partial charge in [-0.25, -0.2) is 14.8 Å². The van der Waals surface area contributed by atoms with E-state index in [2.05, 4.69) is 15.3 Å². The molecule has 2 aliphatic heterocycles. The predicted molar refractivity (Wildman–Crippen MR) is 135 cm³/mol. The minimum Gasteiger partial charge on any atom is -0.491 e. The van der Waals surface area contributed by atoms with Crippen molar-refractivity contribution in [2.45, 2.75) is 24.7 Å². The summed E-state index contributed by atoms with van der Waals surface area (Å²) in [5.41, 5.74) is 0.0895. The zero-order chi connectivity index (χ0) is 27.0. The molecule has 0 radical (unpaired) electrons. The molecule has 0 unspecified atom stereocenters. The number of benzene rings is 1. The Labute approximate surface area is 220 Å². The second kappa shape index (κ2) is 10.3. The van der Waals surface area contributed by atoms with Crippen LogP contribution in [0.5, 0.6) is 5.75 Å². The number of hydrogen-bond donors (Lipinski definition) is 3. The maximum atomic E-state index is 13.5. The van der Waals surface area contributed by atoms with E-state index in [1.165, 1.54) is 35.4 Å². The third-order valence-electron chi connectivity index (χ3n) is 6.34. The molecule has 5 rings (SSSR count). The molecule has 0 aliphatic carbocycles. The topological polar surface area (TPSA) is 111 Å². The molecule has 3 aromatic rings. The summed E-state index contributed by atoms with van der Waals surface area (Å²) in [5.74, 6) is 0.789. The van der Waals surface area contributed by atoms with Gasteiger partial charge in [0, 0.05) is 30.9 Å². The van der Waals surface area contributed by atoms with E-state index in [1.54, 1.807) is 6.07 Å². The number of aliphatic hydroxyl groups is 2. The van der Waals surface area contributed by atoms with Gasteiger partial charge in [-0.15, -0.1) is 0 Å². The Hall–Kier alpha value is -3.61. The highest BCUT2D eigenvalue weighted by Crippen LogP contribution is 2.43. The quantitative estimate of drug-likeness (QED) is 0.423. The zero-order valence-corrected chi connectivity index (χ0v) is 20.6. The molecule has 2 bridgehead atoms. The van der Waals surface area contributed by atoms with Gasteiger partial charge >= 0.3 is 12.2 Å². The first-order valence-corrected chi connectivity index (χ1v) is 12.1. The van der Waals surface area contributed by atoms with E-state index in [-0.39, 0.29) is 40.6 Å². The standard InChI is InChI=1S/C25H23ClF3N5O4/c26-19-10-20-23(32-22(19)14-2-1-3-15(8-14)25(27,28)29)34(16-5-7-33(20)11-16)24(37)31-21-9-18(4-6-30-21)38-13-17(36)12-35/h1-4,6,8-10,16-17,35-36H,5,7,11-13H2,(H,30,31,37)/t16-,17+/m0/s1. The van der Waals surface area contributed by atoms with Crippen molar-refractivity contribution in [3.63, 3.8) is 0 Å². The van der Waals surface area contributed by atoms with Crippen LogP contribution in [0.25, 0.3) is 11.3 Å². The summed E-state index contributed by atoms with van der Waals surface area (Å²) in [5, 5.41) is 21.3. The Morgan fingerprint density at radius 1 is 1.26 bits per heavy atom. The van der Waals surface area contributed by atoms with E-state index < -0.39 is 30.5 Å². The molecule has 0 spiro atoms. The number of nitrogens with zero attached hydrogens (tertiary/aromatic N) is 4. The normalized spacial score (nSPS) is 17.3. The lowest BCUT2D eigenvalue weighted by atomic mass is 10.1. The van der Waals surface area contributed by atoms with Gasteiger partial charge in [-0.2, -0.15) is 13.2 Å². The Balaban J connectivity index is 1.46. The third-order valence-corrected chi connectivity index (χ3v) is 6.62. The van der Waals surface area contributed by atoms with Crippen molar-refractivity contribution < 1.29 is 32.9 Å². The lowest BCUT2D eigenvalue weighted by molar-refractivity contribution is -0.137. The van der Waals surface area contributed by atoms with Gasteiger partial charge in [0.15, 0.2) is 5.82 Å². The Bertz CT molecular complexity index is 1360. The van der Waals surface area contributed by atoms with E-state index >= 15 is 0 Å². The van der Waals surface area contributed by atoms with Gasteiger partial charge in [0.2, 0.25) is 0 Å². The minimum atomic E-state index is -4.53. The zero-order valence-electron chi connectivity index (χ0n) is 19.8. The van der Waals surface area contributed by atoms with Gasteiger partial charge < -0.3 is 19.8 Å². The molecule has 9 nitrogen and oxygen atoms in total. The molecule has 1 aromatic carbocycles. The number of nitrogens with one attached hydrogen (secondary N) is 1. The van der Waals surface area contributed by atoms with Crippen molar-refractivity contribution >= 4 is 35.0 Å². The number of anilines is 3. The number of carbonyl (C=O) groups excluding carboxylic acids is 1. The van der Waals surface area contributed by atoms with Crippen LogP contribution in [0.15, 0.2) is 48.7 Å². The van der Waals surface area contributed by atoms with Crippen LogP contribution < -0.4 is 19.9 Å². The molecule has 1 saturated heterocycles. The average Bonchev–Trinajstić information content (AvgIpc) is 3.31. The van der Waals surface area contributed by atoms with E-state index in [1.807, 2.05) is 4.90 Å². The van der Waals surface area contributed by atoms with Crippen LogP contribution in [-0.2, 0) is 6.18 Å². The molecule has 2 aromatic heterocycles. The molecule has 2 amide bonds. The molecule has 38 heavy (non-hydrogen) atoms. The highest BCUT2D eigenvalue weighted by atomic mass is 35.5. The van der Waals surface area contributed by atoms with Crippen molar-refractivity contribution in [1.29, 1.82) is 0 Å². The molecular formula is C25H23ClF3N5O4. The number of pyridine rings is 2. The number of carbonyl (C=O) groups is 1. The Kier molecular flexibility index (Phi) is 7.03. The first kappa shape index (κ1) is 26.0. The van der Waals surface area contributed by atoms with Crippen LogP contribution in [0.2, 0.25) is 5.02 Å². The summed E-state index contributed by atoms with van der Waals surface area (Å²) in [4.78, 5) is 25.7. The van der Waals surface area contributed by atoms with Crippen molar-refractivity contribution in [2.24, 2.45) is 0 Å². The SMILES string of the molecule is O=C(Nc1cc(OC[C@H](O)CO)ccn1)N1c2nc(-c3cccc(C(F)(F)F)c3)c(Cl)cc2N2CC[C@H]1C2. The lowest BCUT2D eigenvalue weighted by Crippen LogP contribution is -2.48. The van der Waals surface area contributed by atoms with Gasteiger partial charge in [0.1, 0.15) is 24.3 Å². The minimum absolute atomic E-state index is 0.132. The summed E-state index contributed by atoms with van der Waals surface area (Å²) in [7, 11) is 0. The van der Waals surface area contributed by atoms with E-state index in [0.717, 1.165) is 12.1 Å². The number of urea groups is 1. The smallest absolute Gasteiger partial charge is 0.416 e. The molecular weight excluding hydrogens is 527 g/mol. The lowest BCUT2D eigenvalue weighted by Gasteiger charge is -2.36. The van der Waals surface area contributed by atoms with Gasteiger partial charge in [-0.05, 0) is 30.7 Å². The van der Waals surface area contributed by atoms with E-state index in [4.69, 9.17) is 21.4 Å². The summed E-state index contributed by atoms with van der Waals surface area (Å²) < 4.78 is 45.4. The first-order chi connectivity index (χ1) is 18.1. The van der Waals surface area contributed by atoms with Crippen LogP contribution in [0.3, 0.4) is 0 Å². The fourth-order valence-corrected chi connectivity index (χ4v) is 4.77. The highest BCUT2D eigenvalue weighted by molar-refractivity contribution is 6.33. The number of hydrogen-bond acceptors (Lipinski definition) is 7. The highest BCUT2D eigenvalue weighted by Gasteiger charge is 2.41. The van der Waals surface area contributed by atoms with Gasteiger partial charge in [0.05, 0.1) is 34.6 Å². The van der Waals surface area contributed by atoms with Gasteiger partial charge in [-0.1, -0.05) is 23.7 Å². The van der Waals surface area contributed by atoms with Crippen LogP contribution >= 0.6 is 11.6 Å². The van der Waals surface area contributed by atoms with E-state index in [0.29, 0.717) is 30.9 Å². The predicted octanol–water partition coefficient (Wildman–Crippen LogP) is 4.18. The number of aliphatic hydroxyl groups excluding tert-OH is 2. The summed E-state index contributed by atoms with van der Waals surface area (Å²) in [6.07, 6.45) is -3.51. The summed E-state index contributed by atoms with van der Waals surface area (Å²) in [6.45, 7) is 0.614. The molecule has 0 saturated carbocycles. The van der Waals surface area contributed by atoms with Crippen molar-refractivity contribution in [1.82, 2.24) is 9.97 Å². The van der Waals surface area contributed by atoms with Crippen LogP contribution in [0.1, 0.15) is 12.0 Å². The summed E-state index contributed by atoms with van der Waals surface area (Å²) >= 11 is 6.49. The van der Waals surface area contributed by atoms with Crippen molar-refractivity contribution in [2.75, 3.05) is 41.4 Å². The monoisotopic (exact) mass is 549 g/mol. The number of aromatic nitrogens is 2. The van der Waals surface area contributed by atoms with E-state index in [9.17, 15) is 23.1 Å². The molecule has 1 fully saturated rings. The second-order valence-electron chi connectivity index (χ2n) is 8.95. The molecule has 2 aliphatic rings. The number of halogens is 4. The number of ether oxygens (including phenoxy) is 1. The molecule has 2 atom stereocenters. The number of amides is 2. The van der Waals surface area contributed by atoms with Gasteiger partial charge in [0.25, 0.3) is 0 Å². The first-order valence-electron chi connectivity index (χ1n) is 11.7. The van der Waals surface area contributed by atoms with Crippen LogP contribution in [-0.4, -0.2) is 64.7 Å². The largest absolute Gasteiger partial charge is 0.491 e. The second-order valence-corrected chi connectivity index (χ2v) is 9.36. The summed E-state index contributed by atoms with van der Waals surface area (Å²) in [6, 6.07) is 8.61. The molecule has 4 heterocycles. The molecule has 13 heteroatoms. The van der Waals surface area contributed by atoms with Crippen molar-refractivity contribution in [3.8, 4) is 17.0 Å². The fourth-order valence-electron chi connectivity index (χ4n) is 4.52. The maximum Gasteiger partial charge on any atom is 0.416 e. The van der Waals surface area contributed by atoms with Crippen molar-refractivity contribution in [3.05, 3.63) is 59.2 Å². The number of alkyl halides is 3. The number of fused-ring (bicyclic) bond motifs is 4. The average molecular weight is 550 g/mol. The Morgan fingerprint density at radius 3 is 2.84 bits per heavy atom. The maximum absolute atomic E-state index is 13.5. The number of rotatable bonds is 6. The van der Waals surface area contributed by atoms with Gasteiger partial charge in [-0.3, -0.25) is 10.2 Å². The van der Waals surface area contributed by atoms with Crippen LogP contribution in [0.4, 0.5) is 35.3 Å². The molecule has 3 N–H and O–H groups in total. The fraction of sp³-hybridized carbons (Fsp3) is 0.320. The Morgan fingerprint density at radius 2 is 2.08 bits per heavy atom. The molecule has 200 valence electrons. The third kappa shape index (κ3) is 5.19. The van der Waals surface area contributed by atoms with Crippen LogP contribution in [0, 0.1) is 0 Å².